The average molecular weight is 396 g/mol. The summed E-state index contributed by atoms with van der Waals surface area (Å²) in [6.45, 7) is 6.55. The Morgan fingerprint density at radius 3 is 2.97 bits per heavy atom. The molecule has 0 bridgehead atoms. The number of aromatic nitrogens is 4. The molecule has 4 rings (SSSR count). The van der Waals surface area contributed by atoms with Crippen LogP contribution in [0.15, 0.2) is 33.6 Å². The fourth-order valence-corrected chi connectivity index (χ4v) is 3.85. The molecule has 9 heteroatoms. The van der Waals surface area contributed by atoms with E-state index in [1.165, 1.54) is 4.57 Å². The van der Waals surface area contributed by atoms with E-state index in [-0.39, 0.29) is 23.8 Å². The van der Waals surface area contributed by atoms with Gasteiger partial charge in [-0.3, -0.25) is 19.1 Å². The minimum Gasteiger partial charge on any atom is -0.346 e. The lowest BCUT2D eigenvalue weighted by atomic mass is 10.2. The van der Waals surface area contributed by atoms with E-state index in [9.17, 15) is 9.59 Å². The number of rotatable bonds is 6. The van der Waals surface area contributed by atoms with Gasteiger partial charge in [0.2, 0.25) is 0 Å². The predicted molar refractivity (Wildman–Crippen MR) is 107 cm³/mol. The van der Waals surface area contributed by atoms with Crippen LogP contribution in [0.5, 0.6) is 0 Å². The number of nitrogens with zero attached hydrogens (tertiary/aromatic N) is 5. The van der Waals surface area contributed by atoms with Gasteiger partial charge in [0.15, 0.2) is 5.82 Å². The molecule has 1 aromatic carbocycles. The van der Waals surface area contributed by atoms with Crippen LogP contribution >= 0.6 is 0 Å². The predicted octanol–water partition coefficient (Wildman–Crippen LogP) is 1.35. The number of carbonyl (C=O) groups excluding carboxylic acids is 1. The molecule has 0 spiro atoms. The second-order valence-corrected chi connectivity index (χ2v) is 7.22. The number of likely N-dealkylation sites (N-methyl/N-ethyl adjacent to an activating group) is 1. The van der Waals surface area contributed by atoms with Crippen molar-refractivity contribution in [1.82, 2.24) is 29.9 Å². The summed E-state index contributed by atoms with van der Waals surface area (Å²) in [6, 6.07) is 7.52. The van der Waals surface area contributed by atoms with Crippen LogP contribution in [0.3, 0.4) is 0 Å². The van der Waals surface area contributed by atoms with Crippen molar-refractivity contribution in [2.75, 3.05) is 19.6 Å². The maximum absolute atomic E-state index is 12.8. The third-order valence-corrected chi connectivity index (χ3v) is 5.42. The number of amides is 1. The van der Waals surface area contributed by atoms with Crippen LogP contribution in [0, 0.1) is 6.92 Å². The average Bonchev–Trinajstić information content (AvgIpc) is 3.38. The van der Waals surface area contributed by atoms with Gasteiger partial charge in [0, 0.05) is 12.6 Å². The van der Waals surface area contributed by atoms with E-state index >= 15 is 0 Å². The number of para-hydroxylation sites is 1. The molecule has 1 aliphatic rings. The smallest absolute Gasteiger partial charge is 0.316 e. The van der Waals surface area contributed by atoms with Gasteiger partial charge in [-0.25, -0.2) is 4.98 Å². The van der Waals surface area contributed by atoms with Crippen molar-refractivity contribution in [3.63, 3.8) is 0 Å². The summed E-state index contributed by atoms with van der Waals surface area (Å²) >= 11 is 0. The highest BCUT2D eigenvalue weighted by molar-refractivity contribution is 5.89. The molecule has 3 heterocycles. The Hall–Kier alpha value is -3.07. The molecular weight excluding hydrogens is 372 g/mol. The van der Waals surface area contributed by atoms with Crippen molar-refractivity contribution in [1.29, 1.82) is 0 Å². The number of aryl methyl sites for hydroxylation is 1. The fourth-order valence-electron chi connectivity index (χ4n) is 3.85. The number of carbonyl (C=O) groups is 1. The van der Waals surface area contributed by atoms with Gasteiger partial charge < -0.3 is 9.84 Å². The van der Waals surface area contributed by atoms with Gasteiger partial charge >= 0.3 is 11.8 Å². The number of nitrogens with one attached hydrogen (secondary N) is 1. The molecule has 3 aromatic rings. The molecule has 9 nitrogen and oxygen atoms in total. The standard InChI is InChI=1S/C20H24N6O3/c1-3-25-10-6-7-14(25)11-21-18(27)19-23-17(24-29-19)12-26-13(2)22-16-9-5-4-8-15(16)20(26)28/h4-5,8-9,14H,3,6-7,10-12H2,1-2H3,(H,21,27). The molecule has 1 unspecified atom stereocenters. The van der Waals surface area contributed by atoms with Crippen molar-refractivity contribution >= 4 is 16.8 Å². The fraction of sp³-hybridized carbons (Fsp3) is 0.450. The Labute approximate surface area is 167 Å². The van der Waals surface area contributed by atoms with Crippen molar-refractivity contribution in [3.8, 4) is 0 Å². The molecule has 1 N–H and O–H groups in total. The first-order valence-electron chi connectivity index (χ1n) is 9.88. The summed E-state index contributed by atoms with van der Waals surface area (Å²) < 4.78 is 6.59. The van der Waals surface area contributed by atoms with E-state index in [2.05, 4.69) is 32.3 Å². The van der Waals surface area contributed by atoms with Crippen molar-refractivity contribution in [2.45, 2.75) is 39.3 Å². The lowest BCUT2D eigenvalue weighted by Gasteiger charge is -2.22. The molecular formula is C20H24N6O3. The normalized spacial score (nSPS) is 17.1. The number of likely N-dealkylation sites (tertiary alicyclic amines) is 1. The van der Waals surface area contributed by atoms with Gasteiger partial charge in [-0.15, -0.1) is 0 Å². The largest absolute Gasteiger partial charge is 0.346 e. The molecule has 0 aliphatic carbocycles. The molecule has 2 aromatic heterocycles. The van der Waals surface area contributed by atoms with E-state index in [1.54, 1.807) is 25.1 Å². The Morgan fingerprint density at radius 1 is 1.31 bits per heavy atom. The second kappa shape index (κ2) is 8.12. The van der Waals surface area contributed by atoms with E-state index in [0.717, 1.165) is 25.9 Å². The topological polar surface area (TPSA) is 106 Å². The monoisotopic (exact) mass is 396 g/mol. The molecule has 1 aliphatic heterocycles. The zero-order chi connectivity index (χ0) is 20.4. The van der Waals surface area contributed by atoms with Crippen LogP contribution in [-0.4, -0.2) is 56.2 Å². The molecule has 1 fully saturated rings. The number of hydrogen-bond donors (Lipinski definition) is 1. The summed E-state index contributed by atoms with van der Waals surface area (Å²) in [4.78, 5) is 36.1. The van der Waals surface area contributed by atoms with Gasteiger partial charge in [-0.1, -0.05) is 24.2 Å². The first kappa shape index (κ1) is 19.3. The van der Waals surface area contributed by atoms with E-state index in [0.29, 0.717) is 29.3 Å². The van der Waals surface area contributed by atoms with Gasteiger partial charge in [0.1, 0.15) is 5.82 Å². The maximum Gasteiger partial charge on any atom is 0.316 e. The van der Waals surface area contributed by atoms with Gasteiger partial charge in [0.25, 0.3) is 5.56 Å². The van der Waals surface area contributed by atoms with Gasteiger partial charge in [-0.05, 0) is 45.0 Å². The first-order valence-corrected chi connectivity index (χ1v) is 9.88. The highest BCUT2D eigenvalue weighted by atomic mass is 16.5. The first-order chi connectivity index (χ1) is 14.1. The zero-order valence-corrected chi connectivity index (χ0v) is 16.6. The molecule has 0 radical (unpaired) electrons. The van der Waals surface area contributed by atoms with Crippen LogP contribution in [0.25, 0.3) is 10.9 Å². The minimum atomic E-state index is -0.396. The molecule has 152 valence electrons. The molecule has 0 saturated carbocycles. The number of fused-ring (bicyclic) bond motifs is 1. The third kappa shape index (κ3) is 3.91. The Balaban J connectivity index is 1.46. The molecule has 1 atom stereocenters. The summed E-state index contributed by atoms with van der Waals surface area (Å²) in [5.74, 6) is 0.312. The molecule has 29 heavy (non-hydrogen) atoms. The summed E-state index contributed by atoms with van der Waals surface area (Å²) in [5.41, 5.74) is 0.470. The Morgan fingerprint density at radius 2 is 2.14 bits per heavy atom. The van der Waals surface area contributed by atoms with E-state index in [4.69, 9.17) is 4.52 Å². The minimum absolute atomic E-state index is 0.0888. The quantitative estimate of drug-likeness (QED) is 0.670. The van der Waals surface area contributed by atoms with Crippen molar-refractivity contribution < 1.29 is 9.32 Å². The lowest BCUT2D eigenvalue weighted by Crippen LogP contribution is -2.40. The summed E-state index contributed by atoms with van der Waals surface area (Å²) in [5, 5.41) is 7.26. The molecule has 1 saturated heterocycles. The maximum atomic E-state index is 12.8. The van der Waals surface area contributed by atoms with Gasteiger partial charge in [-0.2, -0.15) is 4.98 Å². The summed E-state index contributed by atoms with van der Waals surface area (Å²) in [7, 11) is 0. The number of hydrogen-bond acceptors (Lipinski definition) is 7. The van der Waals surface area contributed by atoms with E-state index < -0.39 is 5.91 Å². The van der Waals surface area contributed by atoms with Crippen molar-refractivity contribution in [3.05, 3.63) is 52.2 Å². The Kier molecular flexibility index (Phi) is 5.39. The highest BCUT2D eigenvalue weighted by Crippen LogP contribution is 2.15. The summed E-state index contributed by atoms with van der Waals surface area (Å²) in [6.07, 6.45) is 2.22. The van der Waals surface area contributed by atoms with E-state index in [1.807, 2.05) is 6.07 Å². The van der Waals surface area contributed by atoms with Crippen LogP contribution in [0.2, 0.25) is 0 Å². The Bertz CT molecular complexity index is 1090. The van der Waals surface area contributed by atoms with Gasteiger partial charge in [0.05, 0.1) is 17.4 Å². The van der Waals surface area contributed by atoms with Crippen LogP contribution < -0.4 is 10.9 Å². The third-order valence-electron chi connectivity index (χ3n) is 5.42. The SMILES string of the molecule is CCN1CCCC1CNC(=O)c1nc(Cn2c(C)nc3ccccc3c2=O)no1. The zero-order valence-electron chi connectivity index (χ0n) is 16.6. The van der Waals surface area contributed by atoms with Crippen LogP contribution in [-0.2, 0) is 6.54 Å². The highest BCUT2D eigenvalue weighted by Gasteiger charge is 2.24. The van der Waals surface area contributed by atoms with Crippen molar-refractivity contribution in [2.24, 2.45) is 0 Å². The lowest BCUT2D eigenvalue weighted by molar-refractivity contribution is 0.0897. The van der Waals surface area contributed by atoms with Crippen LogP contribution in [0.4, 0.5) is 0 Å². The second-order valence-electron chi connectivity index (χ2n) is 7.22. The number of benzene rings is 1. The molecule has 1 amide bonds. The van der Waals surface area contributed by atoms with Crippen LogP contribution in [0.1, 0.15) is 42.1 Å².